The summed E-state index contributed by atoms with van der Waals surface area (Å²) in [7, 11) is 0. The van der Waals surface area contributed by atoms with Crippen LogP contribution in [0, 0.1) is 6.92 Å². The van der Waals surface area contributed by atoms with E-state index in [9.17, 15) is 14.4 Å². The fourth-order valence-electron chi connectivity index (χ4n) is 3.40. The average Bonchev–Trinajstić information content (AvgIpc) is 3.23. The molecule has 1 atom stereocenters. The predicted octanol–water partition coefficient (Wildman–Crippen LogP) is 5.67. The predicted molar refractivity (Wildman–Crippen MR) is 135 cm³/mol. The summed E-state index contributed by atoms with van der Waals surface area (Å²) < 4.78 is 0. The van der Waals surface area contributed by atoms with Gasteiger partial charge in [0, 0.05) is 22.2 Å². The highest BCUT2D eigenvalue weighted by atomic mass is 32.2. The van der Waals surface area contributed by atoms with E-state index in [1.54, 1.807) is 24.3 Å². The summed E-state index contributed by atoms with van der Waals surface area (Å²) in [6.45, 7) is 5.43. The summed E-state index contributed by atoms with van der Waals surface area (Å²) in [6.07, 6.45) is 0.558. The Hall–Kier alpha value is -3.23. The molecule has 0 aliphatic heterocycles. The molecule has 1 unspecified atom stereocenters. The number of hydrogen-bond donors (Lipinski definition) is 2. The minimum Gasteiger partial charge on any atom is -0.325 e. The third kappa shape index (κ3) is 5.07. The van der Waals surface area contributed by atoms with E-state index in [1.165, 1.54) is 30.0 Å². The number of thiophene rings is 1. The van der Waals surface area contributed by atoms with Gasteiger partial charge in [-0.25, -0.2) is 4.98 Å². The van der Waals surface area contributed by atoms with E-state index >= 15 is 0 Å². The first kappa shape index (κ1) is 22.9. The van der Waals surface area contributed by atoms with Gasteiger partial charge in [0.25, 0.3) is 5.56 Å². The molecule has 2 N–H and O–H groups in total. The second kappa shape index (κ2) is 9.72. The number of Topliss-reactive ketones (excluding diaryl/α,β-unsaturated/α-hetero) is 1. The molecule has 0 saturated heterocycles. The lowest BCUT2D eigenvalue weighted by Crippen LogP contribution is -2.25. The highest BCUT2D eigenvalue weighted by Crippen LogP contribution is 2.32. The van der Waals surface area contributed by atoms with Crippen LogP contribution < -0.4 is 10.9 Å². The van der Waals surface area contributed by atoms with Crippen molar-refractivity contribution in [1.29, 1.82) is 0 Å². The lowest BCUT2D eigenvalue weighted by atomic mass is 10.1. The van der Waals surface area contributed by atoms with E-state index in [1.807, 2.05) is 43.5 Å². The Bertz CT molecular complexity index is 1370. The monoisotopic (exact) mass is 477 g/mol. The van der Waals surface area contributed by atoms with Gasteiger partial charge in [-0.1, -0.05) is 48.5 Å². The van der Waals surface area contributed by atoms with Crippen molar-refractivity contribution in [3.63, 3.8) is 0 Å². The molecule has 33 heavy (non-hydrogen) atoms. The molecule has 0 aliphatic carbocycles. The van der Waals surface area contributed by atoms with Gasteiger partial charge in [-0.15, -0.1) is 11.3 Å². The molecule has 8 heteroatoms. The summed E-state index contributed by atoms with van der Waals surface area (Å²) in [6, 6.07) is 14.8. The summed E-state index contributed by atoms with van der Waals surface area (Å²) in [5.74, 6) is -0.216. The number of rotatable bonds is 7. The average molecular weight is 478 g/mol. The van der Waals surface area contributed by atoms with Gasteiger partial charge >= 0.3 is 0 Å². The maximum absolute atomic E-state index is 12.9. The molecule has 2 aromatic heterocycles. The first-order chi connectivity index (χ1) is 15.9. The Morgan fingerprint density at radius 3 is 2.45 bits per heavy atom. The van der Waals surface area contributed by atoms with Crippen LogP contribution in [-0.2, 0) is 4.79 Å². The van der Waals surface area contributed by atoms with Gasteiger partial charge in [-0.3, -0.25) is 14.4 Å². The molecule has 4 aromatic rings. The Labute approximate surface area is 199 Å². The number of amides is 1. The SMILES string of the molecule is CCC(Sc1nc2scc(-c3ccc(C)cc3)c2c(=O)[nH]1)C(=O)Nc1ccc(C(C)=O)cc1. The van der Waals surface area contributed by atoms with E-state index in [-0.39, 0.29) is 17.2 Å². The number of carbonyl (C=O) groups excluding carboxylic acids is 2. The number of aryl methyl sites for hydroxylation is 1. The van der Waals surface area contributed by atoms with Gasteiger partial charge in [0.1, 0.15) is 4.83 Å². The molecular formula is C25H23N3O3S2. The maximum atomic E-state index is 12.9. The number of carbonyl (C=O) groups is 2. The van der Waals surface area contributed by atoms with Gasteiger partial charge in [-0.2, -0.15) is 0 Å². The number of fused-ring (bicyclic) bond motifs is 1. The highest BCUT2D eigenvalue weighted by Gasteiger charge is 2.21. The van der Waals surface area contributed by atoms with E-state index in [0.29, 0.717) is 33.0 Å². The molecule has 0 spiro atoms. The normalized spacial score (nSPS) is 12.0. The molecule has 0 bridgehead atoms. The number of thioether (sulfide) groups is 1. The van der Waals surface area contributed by atoms with Crippen molar-refractivity contribution in [2.24, 2.45) is 0 Å². The summed E-state index contributed by atoms with van der Waals surface area (Å²) in [4.78, 5) is 45.3. The fourth-order valence-corrected chi connectivity index (χ4v) is 5.30. The van der Waals surface area contributed by atoms with E-state index in [2.05, 4.69) is 15.3 Å². The zero-order chi connectivity index (χ0) is 23.5. The number of hydrogen-bond acceptors (Lipinski definition) is 6. The molecule has 0 radical (unpaired) electrons. The second-order valence-electron chi connectivity index (χ2n) is 7.70. The van der Waals surface area contributed by atoms with Crippen LogP contribution in [0.15, 0.2) is 63.9 Å². The van der Waals surface area contributed by atoms with Crippen LogP contribution in [0.2, 0.25) is 0 Å². The van der Waals surface area contributed by atoms with Crippen molar-refractivity contribution in [2.45, 2.75) is 37.6 Å². The zero-order valence-corrected chi connectivity index (χ0v) is 20.1. The van der Waals surface area contributed by atoms with Crippen LogP contribution in [0.1, 0.15) is 36.2 Å². The maximum Gasteiger partial charge on any atom is 0.260 e. The number of anilines is 1. The van der Waals surface area contributed by atoms with E-state index < -0.39 is 5.25 Å². The van der Waals surface area contributed by atoms with Crippen molar-refractivity contribution in [3.8, 4) is 11.1 Å². The lowest BCUT2D eigenvalue weighted by molar-refractivity contribution is -0.115. The first-order valence-corrected chi connectivity index (χ1v) is 12.3. The van der Waals surface area contributed by atoms with Gasteiger partial charge < -0.3 is 10.3 Å². The summed E-state index contributed by atoms with van der Waals surface area (Å²) in [5, 5.41) is 5.36. The zero-order valence-electron chi connectivity index (χ0n) is 18.5. The van der Waals surface area contributed by atoms with Crippen LogP contribution in [0.4, 0.5) is 5.69 Å². The Morgan fingerprint density at radius 1 is 1.12 bits per heavy atom. The van der Waals surface area contributed by atoms with E-state index in [0.717, 1.165) is 16.7 Å². The quantitative estimate of drug-likeness (QED) is 0.203. The van der Waals surface area contributed by atoms with E-state index in [4.69, 9.17) is 0 Å². The molecule has 0 saturated carbocycles. The molecule has 2 heterocycles. The van der Waals surface area contributed by atoms with Gasteiger partial charge in [-0.05, 0) is 50.1 Å². The molecular weight excluding hydrogens is 454 g/mol. The number of aromatic nitrogens is 2. The third-order valence-corrected chi connectivity index (χ3v) is 7.38. The minimum absolute atomic E-state index is 0.0283. The number of nitrogens with one attached hydrogen (secondary N) is 2. The topological polar surface area (TPSA) is 91.9 Å². The number of benzene rings is 2. The van der Waals surface area contributed by atoms with Crippen molar-refractivity contribution in [2.75, 3.05) is 5.32 Å². The smallest absolute Gasteiger partial charge is 0.260 e. The highest BCUT2D eigenvalue weighted by molar-refractivity contribution is 8.00. The van der Waals surface area contributed by atoms with Gasteiger partial charge in [0.05, 0.1) is 10.6 Å². The third-order valence-electron chi connectivity index (χ3n) is 5.26. The second-order valence-corrected chi connectivity index (χ2v) is 9.75. The number of aromatic amines is 1. The Morgan fingerprint density at radius 2 is 1.82 bits per heavy atom. The molecule has 0 aliphatic rings. The summed E-state index contributed by atoms with van der Waals surface area (Å²) >= 11 is 2.65. The van der Waals surface area contributed by atoms with Crippen LogP contribution in [-0.4, -0.2) is 26.9 Å². The Balaban J connectivity index is 1.54. The largest absolute Gasteiger partial charge is 0.325 e. The fraction of sp³-hybridized carbons (Fsp3) is 0.200. The number of ketones is 1. The molecule has 2 aromatic carbocycles. The molecule has 168 valence electrons. The van der Waals surface area contributed by atoms with Gasteiger partial charge in [0.2, 0.25) is 5.91 Å². The molecule has 1 amide bonds. The number of nitrogens with zero attached hydrogens (tertiary/aromatic N) is 1. The van der Waals surface area contributed by atoms with Crippen LogP contribution in [0.3, 0.4) is 0 Å². The van der Waals surface area contributed by atoms with Crippen LogP contribution in [0.25, 0.3) is 21.3 Å². The van der Waals surface area contributed by atoms with Crippen molar-refractivity contribution in [3.05, 3.63) is 75.4 Å². The Kier molecular flexibility index (Phi) is 6.76. The van der Waals surface area contributed by atoms with Crippen LogP contribution >= 0.6 is 23.1 Å². The lowest BCUT2D eigenvalue weighted by Gasteiger charge is -2.14. The van der Waals surface area contributed by atoms with Gasteiger partial charge in [0.15, 0.2) is 10.9 Å². The molecule has 6 nitrogen and oxygen atoms in total. The molecule has 4 rings (SSSR count). The molecule has 0 fully saturated rings. The van der Waals surface area contributed by atoms with Crippen molar-refractivity contribution >= 4 is 50.7 Å². The number of H-pyrrole nitrogens is 1. The first-order valence-electron chi connectivity index (χ1n) is 10.5. The minimum atomic E-state index is -0.436. The summed E-state index contributed by atoms with van der Waals surface area (Å²) in [5.41, 5.74) is 3.98. The van der Waals surface area contributed by atoms with Crippen molar-refractivity contribution in [1.82, 2.24) is 9.97 Å². The van der Waals surface area contributed by atoms with Crippen LogP contribution in [0.5, 0.6) is 0 Å². The van der Waals surface area contributed by atoms with Crippen molar-refractivity contribution < 1.29 is 9.59 Å². The standard InChI is InChI=1S/C25H23N3O3S2/c1-4-20(22(30)26-18-11-9-16(10-12-18)15(3)29)33-25-27-23(31)21-19(13-32-24(21)28-25)17-7-5-14(2)6-8-17/h5-13,20H,4H2,1-3H3,(H,26,30)(H,27,28,31).